The normalized spacial score (nSPS) is 10.1. The molecular formula is C12H13N3O. The van der Waals surface area contributed by atoms with Crippen molar-refractivity contribution in [1.29, 1.82) is 0 Å². The highest BCUT2D eigenvalue weighted by atomic mass is 16.1. The van der Waals surface area contributed by atoms with Crippen LogP contribution in [-0.4, -0.2) is 15.7 Å². The Morgan fingerprint density at radius 1 is 1.31 bits per heavy atom. The molecule has 0 aliphatic carbocycles. The topological polar surface area (TPSA) is 46.9 Å². The van der Waals surface area contributed by atoms with Crippen molar-refractivity contribution in [2.24, 2.45) is 0 Å². The van der Waals surface area contributed by atoms with Crippen molar-refractivity contribution >= 4 is 11.7 Å². The molecule has 0 aliphatic heterocycles. The maximum Gasteiger partial charge on any atom is 0.256 e. The maximum absolute atomic E-state index is 11.8. The van der Waals surface area contributed by atoms with E-state index in [1.54, 1.807) is 22.9 Å². The number of aromatic nitrogens is 2. The van der Waals surface area contributed by atoms with Gasteiger partial charge in [-0.05, 0) is 19.1 Å². The third-order valence-electron chi connectivity index (χ3n) is 2.24. The predicted octanol–water partition coefficient (Wildman–Crippen LogP) is 2.16. The van der Waals surface area contributed by atoms with Gasteiger partial charge in [-0.2, -0.15) is 5.10 Å². The van der Waals surface area contributed by atoms with Gasteiger partial charge in [0.25, 0.3) is 5.91 Å². The molecule has 0 unspecified atom stereocenters. The summed E-state index contributed by atoms with van der Waals surface area (Å²) < 4.78 is 1.76. The fraction of sp³-hybridized carbons (Fsp3) is 0.167. The molecule has 0 bridgehead atoms. The Morgan fingerprint density at radius 3 is 2.69 bits per heavy atom. The summed E-state index contributed by atoms with van der Waals surface area (Å²) in [6.45, 7) is 2.79. The Balaban J connectivity index is 2.08. The average molecular weight is 215 g/mol. The van der Waals surface area contributed by atoms with Crippen LogP contribution in [0.3, 0.4) is 0 Å². The molecule has 0 aliphatic rings. The van der Waals surface area contributed by atoms with Gasteiger partial charge in [0.1, 0.15) is 0 Å². The van der Waals surface area contributed by atoms with Crippen LogP contribution in [0.15, 0.2) is 42.6 Å². The lowest BCUT2D eigenvalue weighted by Crippen LogP contribution is -2.12. The van der Waals surface area contributed by atoms with Crippen LogP contribution < -0.4 is 5.32 Å². The molecule has 1 aromatic carbocycles. The van der Waals surface area contributed by atoms with Crippen molar-refractivity contribution in [1.82, 2.24) is 9.78 Å². The van der Waals surface area contributed by atoms with Gasteiger partial charge >= 0.3 is 0 Å². The van der Waals surface area contributed by atoms with Crippen molar-refractivity contribution in [2.75, 3.05) is 5.32 Å². The fourth-order valence-corrected chi connectivity index (χ4v) is 1.38. The zero-order valence-electron chi connectivity index (χ0n) is 9.05. The van der Waals surface area contributed by atoms with Crippen molar-refractivity contribution in [3.63, 3.8) is 0 Å². The minimum Gasteiger partial charge on any atom is -0.305 e. The Hall–Kier alpha value is -2.10. The fourth-order valence-electron chi connectivity index (χ4n) is 1.38. The number of rotatable bonds is 3. The van der Waals surface area contributed by atoms with E-state index in [0.717, 1.165) is 6.54 Å². The molecule has 0 spiro atoms. The summed E-state index contributed by atoms with van der Waals surface area (Å²) >= 11 is 0. The quantitative estimate of drug-likeness (QED) is 0.852. The lowest BCUT2D eigenvalue weighted by molar-refractivity contribution is 0.102. The van der Waals surface area contributed by atoms with Crippen molar-refractivity contribution < 1.29 is 4.79 Å². The lowest BCUT2D eigenvalue weighted by Gasteiger charge is -2.01. The molecule has 16 heavy (non-hydrogen) atoms. The van der Waals surface area contributed by atoms with Gasteiger partial charge in [-0.15, -0.1) is 0 Å². The molecule has 1 N–H and O–H groups in total. The number of carbonyl (C=O) groups is 1. The summed E-state index contributed by atoms with van der Waals surface area (Å²) in [6, 6.07) is 10.9. The molecule has 2 rings (SSSR count). The molecule has 82 valence electrons. The standard InChI is InChI=1S/C12H13N3O/c1-2-15-9-8-11(14-15)13-12(16)10-6-4-3-5-7-10/h3-9H,2H2,1H3,(H,13,14,16). The number of nitrogens with one attached hydrogen (secondary N) is 1. The van der Waals surface area contributed by atoms with Crippen LogP contribution in [0, 0.1) is 0 Å². The SMILES string of the molecule is CCn1ccc(NC(=O)c2ccccc2)n1. The number of amides is 1. The van der Waals surface area contributed by atoms with Crippen LogP contribution in [0.25, 0.3) is 0 Å². The van der Waals surface area contributed by atoms with Crippen LogP contribution >= 0.6 is 0 Å². The molecule has 4 nitrogen and oxygen atoms in total. The third-order valence-corrected chi connectivity index (χ3v) is 2.24. The number of carbonyl (C=O) groups excluding carboxylic acids is 1. The first-order valence-corrected chi connectivity index (χ1v) is 5.19. The molecular weight excluding hydrogens is 202 g/mol. The van der Waals surface area contributed by atoms with E-state index in [2.05, 4.69) is 10.4 Å². The minimum atomic E-state index is -0.137. The molecule has 2 aromatic rings. The first-order valence-electron chi connectivity index (χ1n) is 5.19. The van der Waals surface area contributed by atoms with E-state index in [1.807, 2.05) is 31.3 Å². The van der Waals surface area contributed by atoms with Crippen LogP contribution in [0.1, 0.15) is 17.3 Å². The second-order valence-electron chi connectivity index (χ2n) is 3.38. The van der Waals surface area contributed by atoms with Gasteiger partial charge in [0.2, 0.25) is 0 Å². The molecule has 1 aromatic heterocycles. The van der Waals surface area contributed by atoms with Crippen LogP contribution in [0.5, 0.6) is 0 Å². The summed E-state index contributed by atoms with van der Waals surface area (Å²) in [5.41, 5.74) is 0.633. The van der Waals surface area contributed by atoms with Gasteiger partial charge in [0.15, 0.2) is 5.82 Å². The average Bonchev–Trinajstić information content (AvgIpc) is 2.78. The van der Waals surface area contributed by atoms with Gasteiger partial charge in [0.05, 0.1) is 0 Å². The first kappa shape index (κ1) is 10.4. The van der Waals surface area contributed by atoms with E-state index in [4.69, 9.17) is 0 Å². The van der Waals surface area contributed by atoms with E-state index in [-0.39, 0.29) is 5.91 Å². The highest BCUT2D eigenvalue weighted by Crippen LogP contribution is 2.06. The Bertz CT molecular complexity index is 476. The number of benzene rings is 1. The number of nitrogens with zero attached hydrogens (tertiary/aromatic N) is 2. The van der Waals surface area contributed by atoms with Gasteiger partial charge in [-0.1, -0.05) is 18.2 Å². The summed E-state index contributed by atoms with van der Waals surface area (Å²) in [5.74, 6) is 0.442. The molecule has 0 fully saturated rings. The Labute approximate surface area is 93.9 Å². The first-order chi connectivity index (χ1) is 7.79. The van der Waals surface area contributed by atoms with Crippen LogP contribution in [-0.2, 0) is 6.54 Å². The second-order valence-corrected chi connectivity index (χ2v) is 3.38. The van der Waals surface area contributed by atoms with Crippen LogP contribution in [0.4, 0.5) is 5.82 Å². The van der Waals surface area contributed by atoms with Gasteiger partial charge in [-0.3, -0.25) is 9.48 Å². The largest absolute Gasteiger partial charge is 0.305 e. The highest BCUT2D eigenvalue weighted by molar-refractivity contribution is 6.03. The molecule has 1 heterocycles. The zero-order valence-corrected chi connectivity index (χ0v) is 9.05. The number of hydrogen-bond acceptors (Lipinski definition) is 2. The summed E-state index contributed by atoms with van der Waals surface area (Å²) in [5, 5.41) is 6.92. The predicted molar refractivity (Wildman–Crippen MR) is 62.3 cm³/mol. The number of hydrogen-bond donors (Lipinski definition) is 1. The Kier molecular flexibility index (Phi) is 3.00. The van der Waals surface area contributed by atoms with E-state index in [1.165, 1.54) is 0 Å². The Morgan fingerprint density at radius 2 is 2.06 bits per heavy atom. The van der Waals surface area contributed by atoms with Crippen molar-refractivity contribution in [3.8, 4) is 0 Å². The van der Waals surface area contributed by atoms with E-state index in [9.17, 15) is 4.79 Å². The molecule has 0 saturated carbocycles. The molecule has 0 radical (unpaired) electrons. The monoisotopic (exact) mass is 215 g/mol. The van der Waals surface area contributed by atoms with Crippen molar-refractivity contribution in [3.05, 3.63) is 48.2 Å². The molecule has 0 saturated heterocycles. The molecule has 0 atom stereocenters. The summed E-state index contributed by atoms with van der Waals surface area (Å²) in [7, 11) is 0. The maximum atomic E-state index is 11.8. The smallest absolute Gasteiger partial charge is 0.256 e. The van der Waals surface area contributed by atoms with Crippen molar-refractivity contribution in [2.45, 2.75) is 13.5 Å². The molecule has 4 heteroatoms. The molecule has 1 amide bonds. The number of anilines is 1. The third kappa shape index (κ3) is 2.28. The summed E-state index contributed by atoms with van der Waals surface area (Å²) in [4.78, 5) is 11.8. The van der Waals surface area contributed by atoms with Gasteiger partial charge in [0, 0.05) is 24.4 Å². The van der Waals surface area contributed by atoms with E-state index >= 15 is 0 Å². The van der Waals surface area contributed by atoms with E-state index < -0.39 is 0 Å². The highest BCUT2D eigenvalue weighted by Gasteiger charge is 2.06. The van der Waals surface area contributed by atoms with Gasteiger partial charge < -0.3 is 5.32 Å². The van der Waals surface area contributed by atoms with Gasteiger partial charge in [-0.25, -0.2) is 0 Å². The summed E-state index contributed by atoms with van der Waals surface area (Å²) in [6.07, 6.45) is 1.83. The van der Waals surface area contributed by atoms with E-state index in [0.29, 0.717) is 11.4 Å². The lowest BCUT2D eigenvalue weighted by atomic mass is 10.2. The minimum absolute atomic E-state index is 0.137. The second kappa shape index (κ2) is 4.61. The zero-order chi connectivity index (χ0) is 11.4. The number of aryl methyl sites for hydroxylation is 1. The van der Waals surface area contributed by atoms with Crippen LogP contribution in [0.2, 0.25) is 0 Å².